The Morgan fingerprint density at radius 2 is 2.09 bits per heavy atom. The van der Waals surface area contributed by atoms with E-state index in [2.05, 4.69) is 29.8 Å². The van der Waals surface area contributed by atoms with Crippen molar-refractivity contribution in [3.63, 3.8) is 0 Å². The molecule has 2 N–H and O–H groups in total. The van der Waals surface area contributed by atoms with Crippen molar-refractivity contribution in [2.75, 3.05) is 6.54 Å². The molecule has 0 spiro atoms. The Balaban J connectivity index is 0.000000461. The second-order valence-corrected chi connectivity index (χ2v) is 2.19. The second kappa shape index (κ2) is 6.04. The van der Waals surface area contributed by atoms with Crippen molar-refractivity contribution in [1.82, 2.24) is 16.0 Å². The number of hydrogen-bond acceptors (Lipinski definition) is 3. The van der Waals surface area contributed by atoms with Gasteiger partial charge in [-0.3, -0.25) is 5.01 Å². The van der Waals surface area contributed by atoms with Gasteiger partial charge in [0, 0.05) is 18.4 Å². The number of hydrogen-bond donors (Lipinski definition) is 2. The highest BCUT2D eigenvalue weighted by Crippen LogP contribution is 2.01. The van der Waals surface area contributed by atoms with Crippen LogP contribution in [0.5, 0.6) is 0 Å². The fourth-order valence-electron chi connectivity index (χ4n) is 0.837. The van der Waals surface area contributed by atoms with Gasteiger partial charge in [-0.05, 0) is 13.3 Å². The average molecular weight is 157 g/mol. The van der Waals surface area contributed by atoms with Crippen LogP contribution in [0.4, 0.5) is 0 Å². The second-order valence-electron chi connectivity index (χ2n) is 2.19. The molecular weight excluding hydrogens is 138 g/mol. The molecule has 0 fully saturated rings. The molecule has 0 aromatic carbocycles. The van der Waals surface area contributed by atoms with Gasteiger partial charge in [-0.25, -0.2) is 0 Å². The van der Waals surface area contributed by atoms with Crippen molar-refractivity contribution in [3.05, 3.63) is 11.9 Å². The van der Waals surface area contributed by atoms with Crippen molar-refractivity contribution in [2.45, 2.75) is 34.1 Å². The van der Waals surface area contributed by atoms with Crippen LogP contribution < -0.4 is 11.0 Å². The molecule has 1 rings (SSSR count). The molecule has 1 aliphatic heterocycles. The number of allylic oxidation sites excluding steroid dienone is 1. The van der Waals surface area contributed by atoms with E-state index in [1.165, 1.54) is 12.1 Å². The predicted octanol–water partition coefficient (Wildman–Crippen LogP) is 1.61. The van der Waals surface area contributed by atoms with Gasteiger partial charge < -0.3 is 5.43 Å². The molecule has 0 saturated heterocycles. The van der Waals surface area contributed by atoms with E-state index >= 15 is 0 Å². The Kier molecular flexibility index (Phi) is 5.65. The molecule has 0 radical (unpaired) electrons. The van der Waals surface area contributed by atoms with Crippen molar-refractivity contribution in [2.24, 2.45) is 0 Å². The van der Waals surface area contributed by atoms with Crippen LogP contribution in [0.2, 0.25) is 0 Å². The van der Waals surface area contributed by atoms with Crippen LogP contribution >= 0.6 is 0 Å². The summed E-state index contributed by atoms with van der Waals surface area (Å²) in [5, 5.41) is 2.08. The van der Waals surface area contributed by atoms with Gasteiger partial charge in [0.05, 0.1) is 0 Å². The highest BCUT2D eigenvalue weighted by molar-refractivity contribution is 4.97. The minimum absolute atomic E-state index is 1.06. The first kappa shape index (κ1) is 10.3. The lowest BCUT2D eigenvalue weighted by Gasteiger charge is -2.17. The van der Waals surface area contributed by atoms with Gasteiger partial charge >= 0.3 is 0 Å². The first-order valence-electron chi connectivity index (χ1n) is 4.30. The molecule has 11 heavy (non-hydrogen) atoms. The smallest absolute Gasteiger partial charge is 0.0452 e. The summed E-state index contributed by atoms with van der Waals surface area (Å²) in [6, 6.07) is 0. The maximum Gasteiger partial charge on any atom is 0.0452 e. The van der Waals surface area contributed by atoms with E-state index in [1.54, 1.807) is 0 Å². The molecule has 66 valence electrons. The molecule has 0 saturated carbocycles. The summed E-state index contributed by atoms with van der Waals surface area (Å²) < 4.78 is 0. The summed E-state index contributed by atoms with van der Waals surface area (Å²) in [6.45, 7) is 9.30. The molecule has 3 heteroatoms. The van der Waals surface area contributed by atoms with Crippen molar-refractivity contribution < 1.29 is 0 Å². The Hall–Kier alpha value is -0.700. The fraction of sp³-hybridized carbons (Fsp3) is 0.750. The zero-order chi connectivity index (χ0) is 8.69. The lowest BCUT2D eigenvalue weighted by molar-refractivity contribution is 0.252. The van der Waals surface area contributed by atoms with E-state index in [1.807, 2.05) is 20.0 Å². The highest BCUT2D eigenvalue weighted by atomic mass is 15.7. The Labute approximate surface area is 69.4 Å². The first-order chi connectivity index (χ1) is 5.34. The van der Waals surface area contributed by atoms with Gasteiger partial charge in [-0.2, -0.15) is 0 Å². The van der Waals surface area contributed by atoms with E-state index in [0.717, 1.165) is 6.54 Å². The third-order valence-corrected chi connectivity index (χ3v) is 1.35. The number of hydrazine groups is 2. The summed E-state index contributed by atoms with van der Waals surface area (Å²) in [5.74, 6) is 0. The van der Waals surface area contributed by atoms with E-state index in [4.69, 9.17) is 0 Å². The summed E-state index contributed by atoms with van der Waals surface area (Å²) in [6.07, 6.45) is 3.12. The Morgan fingerprint density at radius 3 is 2.45 bits per heavy atom. The van der Waals surface area contributed by atoms with Crippen LogP contribution in [0, 0.1) is 0 Å². The third kappa shape index (κ3) is 3.28. The topological polar surface area (TPSA) is 27.3 Å². The molecular formula is C8H19N3. The van der Waals surface area contributed by atoms with Gasteiger partial charge in [0.2, 0.25) is 0 Å². The van der Waals surface area contributed by atoms with Gasteiger partial charge in [0.15, 0.2) is 0 Å². The zero-order valence-corrected chi connectivity index (χ0v) is 7.94. The lowest BCUT2D eigenvalue weighted by atomic mass is 10.4. The minimum Gasteiger partial charge on any atom is -0.309 e. The van der Waals surface area contributed by atoms with Crippen molar-refractivity contribution in [3.8, 4) is 0 Å². The molecule has 0 bridgehead atoms. The van der Waals surface area contributed by atoms with Gasteiger partial charge in [-0.15, -0.1) is 5.53 Å². The molecule has 0 atom stereocenters. The minimum atomic E-state index is 1.06. The first-order valence-corrected chi connectivity index (χ1v) is 4.30. The van der Waals surface area contributed by atoms with Gasteiger partial charge in [-0.1, -0.05) is 20.8 Å². The maximum absolute atomic E-state index is 3.00. The van der Waals surface area contributed by atoms with Crippen LogP contribution in [0.3, 0.4) is 0 Å². The van der Waals surface area contributed by atoms with E-state index < -0.39 is 0 Å². The normalized spacial score (nSPS) is 14.9. The highest BCUT2D eigenvalue weighted by Gasteiger charge is 2.06. The van der Waals surface area contributed by atoms with Crippen LogP contribution in [0.1, 0.15) is 34.1 Å². The summed E-state index contributed by atoms with van der Waals surface area (Å²) >= 11 is 0. The van der Waals surface area contributed by atoms with Crippen LogP contribution in [0.15, 0.2) is 11.9 Å². The standard InChI is InChI=1S/C6H13N3.C2H6/c1-3-4-9-6(2)5-7-8-9;1-2/h5,7-8H,3-4H2,1-2H3;1-2H3. The molecule has 3 nitrogen and oxygen atoms in total. The van der Waals surface area contributed by atoms with Crippen molar-refractivity contribution in [1.29, 1.82) is 0 Å². The third-order valence-electron chi connectivity index (χ3n) is 1.35. The van der Waals surface area contributed by atoms with Gasteiger partial charge in [0.25, 0.3) is 0 Å². The summed E-state index contributed by atoms with van der Waals surface area (Å²) in [4.78, 5) is 0. The van der Waals surface area contributed by atoms with Crippen LogP contribution in [0.25, 0.3) is 0 Å². The maximum atomic E-state index is 3.00. The Bertz CT molecular complexity index is 121. The molecule has 1 heterocycles. The lowest BCUT2D eigenvalue weighted by Crippen LogP contribution is -2.37. The Morgan fingerprint density at radius 1 is 1.45 bits per heavy atom. The molecule has 1 aliphatic rings. The molecule has 0 amide bonds. The van der Waals surface area contributed by atoms with E-state index in [9.17, 15) is 0 Å². The fourth-order valence-corrected chi connectivity index (χ4v) is 0.837. The molecule has 0 unspecified atom stereocenters. The zero-order valence-electron chi connectivity index (χ0n) is 7.94. The molecule has 0 aromatic heterocycles. The van der Waals surface area contributed by atoms with Crippen LogP contribution in [-0.4, -0.2) is 11.6 Å². The summed E-state index contributed by atoms with van der Waals surface area (Å²) in [7, 11) is 0. The number of nitrogens with zero attached hydrogens (tertiary/aromatic N) is 1. The summed E-state index contributed by atoms with van der Waals surface area (Å²) in [5.41, 5.74) is 7.17. The largest absolute Gasteiger partial charge is 0.309 e. The quantitative estimate of drug-likeness (QED) is 0.637. The molecule has 0 aliphatic carbocycles. The molecule has 0 aromatic rings. The van der Waals surface area contributed by atoms with E-state index in [0.29, 0.717) is 0 Å². The van der Waals surface area contributed by atoms with E-state index in [-0.39, 0.29) is 0 Å². The van der Waals surface area contributed by atoms with Crippen LogP contribution in [-0.2, 0) is 0 Å². The average Bonchev–Trinajstić information content (AvgIpc) is 2.42. The number of rotatable bonds is 2. The van der Waals surface area contributed by atoms with Gasteiger partial charge in [0.1, 0.15) is 0 Å². The monoisotopic (exact) mass is 157 g/mol. The SMILES string of the molecule is CC.CCCN1NNC=C1C. The van der Waals surface area contributed by atoms with Crippen molar-refractivity contribution >= 4 is 0 Å². The number of nitrogens with one attached hydrogen (secondary N) is 2. The predicted molar refractivity (Wildman–Crippen MR) is 48.4 cm³/mol.